The molecule has 0 aromatic heterocycles. The molecule has 0 fully saturated rings. The molecule has 0 saturated heterocycles. The summed E-state index contributed by atoms with van der Waals surface area (Å²) in [6.07, 6.45) is -0.808. The van der Waals surface area contributed by atoms with Gasteiger partial charge >= 0.3 is 0 Å². The smallest absolute Gasteiger partial charge is 0.236 e. The summed E-state index contributed by atoms with van der Waals surface area (Å²) < 4.78 is 0. The molecular formula is C7H16N2O3. The lowest BCUT2D eigenvalue weighted by Crippen LogP contribution is -2.44. The highest BCUT2D eigenvalue weighted by atomic mass is 16.3. The van der Waals surface area contributed by atoms with E-state index in [-0.39, 0.29) is 25.1 Å². The van der Waals surface area contributed by atoms with Gasteiger partial charge in [-0.15, -0.1) is 0 Å². The summed E-state index contributed by atoms with van der Waals surface area (Å²) in [5.41, 5.74) is 0. The third kappa shape index (κ3) is 4.27. The van der Waals surface area contributed by atoms with Gasteiger partial charge in [-0.1, -0.05) is 0 Å². The van der Waals surface area contributed by atoms with E-state index >= 15 is 0 Å². The van der Waals surface area contributed by atoms with Gasteiger partial charge in [0.25, 0.3) is 0 Å². The average Bonchev–Trinajstić information content (AvgIpc) is 2.11. The van der Waals surface area contributed by atoms with E-state index < -0.39 is 6.10 Å². The summed E-state index contributed by atoms with van der Waals surface area (Å²) in [6, 6.07) is -0.351. The minimum Gasteiger partial charge on any atom is -0.394 e. The molecule has 1 amide bonds. The number of rotatable bonds is 5. The van der Waals surface area contributed by atoms with Crippen molar-refractivity contribution in [2.24, 2.45) is 0 Å². The molecular weight excluding hydrogens is 160 g/mol. The van der Waals surface area contributed by atoms with Crippen LogP contribution in [0, 0.1) is 0 Å². The molecule has 5 nitrogen and oxygen atoms in total. The van der Waals surface area contributed by atoms with E-state index in [4.69, 9.17) is 10.2 Å². The molecule has 0 aliphatic carbocycles. The Labute approximate surface area is 71.8 Å². The Morgan fingerprint density at radius 2 is 2.17 bits per heavy atom. The molecule has 0 radical (unpaired) electrons. The number of amides is 1. The van der Waals surface area contributed by atoms with Crippen molar-refractivity contribution in [3.8, 4) is 0 Å². The molecule has 0 rings (SSSR count). The minimum atomic E-state index is -0.808. The zero-order valence-electron chi connectivity index (χ0n) is 7.37. The average molecular weight is 176 g/mol. The van der Waals surface area contributed by atoms with Crippen LogP contribution in [0.2, 0.25) is 0 Å². The summed E-state index contributed by atoms with van der Waals surface area (Å²) in [6.45, 7) is 1.60. The number of hydrogen-bond acceptors (Lipinski definition) is 4. The Kier molecular flexibility index (Phi) is 5.61. The van der Waals surface area contributed by atoms with Crippen LogP contribution in [0.5, 0.6) is 0 Å². The molecule has 0 aromatic rings. The normalized spacial score (nSPS) is 15.3. The largest absolute Gasteiger partial charge is 0.394 e. The second-order valence-corrected chi connectivity index (χ2v) is 2.58. The first-order chi connectivity index (χ1) is 5.61. The maximum Gasteiger partial charge on any atom is 0.236 e. The Balaban J connectivity index is 3.56. The van der Waals surface area contributed by atoms with Gasteiger partial charge in [-0.2, -0.15) is 0 Å². The highest BCUT2D eigenvalue weighted by Gasteiger charge is 2.11. The second kappa shape index (κ2) is 5.93. The summed E-state index contributed by atoms with van der Waals surface area (Å²) in [7, 11) is 1.54. The number of aliphatic hydroxyl groups excluding tert-OH is 2. The highest BCUT2D eigenvalue weighted by Crippen LogP contribution is 1.83. The van der Waals surface area contributed by atoms with Gasteiger partial charge in [0, 0.05) is 13.6 Å². The van der Waals surface area contributed by atoms with Crippen LogP contribution in [0.15, 0.2) is 0 Å². The van der Waals surface area contributed by atoms with Crippen LogP contribution in [0.1, 0.15) is 6.92 Å². The molecule has 5 heteroatoms. The summed E-state index contributed by atoms with van der Waals surface area (Å²) in [5, 5.41) is 22.6. The zero-order chi connectivity index (χ0) is 9.56. The van der Waals surface area contributed by atoms with Crippen molar-refractivity contribution in [3.05, 3.63) is 0 Å². The van der Waals surface area contributed by atoms with Gasteiger partial charge in [-0.25, -0.2) is 0 Å². The molecule has 72 valence electrons. The molecule has 0 saturated carbocycles. The van der Waals surface area contributed by atoms with E-state index in [9.17, 15) is 4.79 Å². The van der Waals surface area contributed by atoms with Gasteiger partial charge in [0.05, 0.1) is 18.8 Å². The molecule has 1 unspecified atom stereocenters. The van der Waals surface area contributed by atoms with Gasteiger partial charge in [-0.3, -0.25) is 4.79 Å². The number of likely N-dealkylation sites (N-methyl/N-ethyl adjacent to an activating group) is 1. The van der Waals surface area contributed by atoms with E-state index in [2.05, 4.69) is 10.6 Å². The third-order valence-electron chi connectivity index (χ3n) is 1.51. The van der Waals surface area contributed by atoms with Gasteiger partial charge in [0.15, 0.2) is 0 Å². The number of carbonyl (C=O) groups excluding carboxylic acids is 1. The van der Waals surface area contributed by atoms with Crippen LogP contribution in [-0.4, -0.2) is 48.5 Å². The monoisotopic (exact) mass is 176 g/mol. The van der Waals surface area contributed by atoms with E-state index in [0.29, 0.717) is 0 Å². The molecule has 0 heterocycles. The maximum absolute atomic E-state index is 10.9. The molecule has 0 aliphatic rings. The van der Waals surface area contributed by atoms with Crippen molar-refractivity contribution < 1.29 is 15.0 Å². The van der Waals surface area contributed by atoms with Crippen molar-refractivity contribution in [1.82, 2.24) is 10.6 Å². The lowest BCUT2D eigenvalue weighted by atomic mass is 10.3. The van der Waals surface area contributed by atoms with E-state index in [0.717, 1.165) is 0 Å². The quantitative estimate of drug-likeness (QED) is 0.393. The van der Waals surface area contributed by atoms with Gasteiger partial charge in [-0.05, 0) is 6.92 Å². The SMILES string of the molecule is CNC(=O)C(C)NC[C@H](O)CO. The number of aliphatic hydroxyl groups is 2. The van der Waals surface area contributed by atoms with Crippen LogP contribution >= 0.6 is 0 Å². The fourth-order valence-electron chi connectivity index (χ4n) is 0.687. The molecule has 0 aliphatic heterocycles. The number of nitrogens with one attached hydrogen (secondary N) is 2. The second-order valence-electron chi connectivity index (χ2n) is 2.58. The lowest BCUT2D eigenvalue weighted by Gasteiger charge is -2.14. The van der Waals surface area contributed by atoms with Crippen LogP contribution in [0.3, 0.4) is 0 Å². The molecule has 0 aromatic carbocycles. The van der Waals surface area contributed by atoms with Crippen LogP contribution < -0.4 is 10.6 Å². The van der Waals surface area contributed by atoms with E-state index in [1.54, 1.807) is 14.0 Å². The maximum atomic E-state index is 10.9. The van der Waals surface area contributed by atoms with Crippen molar-refractivity contribution in [2.75, 3.05) is 20.2 Å². The fraction of sp³-hybridized carbons (Fsp3) is 0.857. The van der Waals surface area contributed by atoms with Crippen molar-refractivity contribution >= 4 is 5.91 Å². The zero-order valence-corrected chi connectivity index (χ0v) is 7.37. The Morgan fingerprint density at radius 3 is 2.58 bits per heavy atom. The highest BCUT2D eigenvalue weighted by molar-refractivity contribution is 5.80. The lowest BCUT2D eigenvalue weighted by molar-refractivity contribution is -0.122. The topological polar surface area (TPSA) is 81.6 Å². The molecule has 0 spiro atoms. The van der Waals surface area contributed by atoms with Crippen LogP contribution in [-0.2, 0) is 4.79 Å². The predicted octanol–water partition coefficient (Wildman–Crippen LogP) is -1.94. The van der Waals surface area contributed by atoms with Gasteiger partial charge < -0.3 is 20.8 Å². The number of carbonyl (C=O) groups is 1. The molecule has 0 bridgehead atoms. The van der Waals surface area contributed by atoms with Crippen molar-refractivity contribution in [1.29, 1.82) is 0 Å². The summed E-state index contributed by atoms with van der Waals surface area (Å²) >= 11 is 0. The standard InChI is InChI=1S/C7H16N2O3/c1-5(7(12)8-2)9-3-6(11)4-10/h5-6,9-11H,3-4H2,1-2H3,(H,8,12)/t5?,6-/m0/s1. The van der Waals surface area contributed by atoms with Crippen molar-refractivity contribution in [2.45, 2.75) is 19.1 Å². The first-order valence-corrected chi connectivity index (χ1v) is 3.85. The molecule has 2 atom stereocenters. The molecule has 4 N–H and O–H groups in total. The number of hydrogen-bond donors (Lipinski definition) is 4. The fourth-order valence-corrected chi connectivity index (χ4v) is 0.687. The Hall–Kier alpha value is -0.650. The minimum absolute atomic E-state index is 0.139. The van der Waals surface area contributed by atoms with Crippen molar-refractivity contribution in [3.63, 3.8) is 0 Å². The third-order valence-corrected chi connectivity index (χ3v) is 1.51. The summed E-state index contributed by atoms with van der Waals surface area (Å²) in [4.78, 5) is 10.9. The van der Waals surface area contributed by atoms with E-state index in [1.165, 1.54) is 0 Å². The Morgan fingerprint density at radius 1 is 1.58 bits per heavy atom. The first kappa shape index (κ1) is 11.4. The van der Waals surface area contributed by atoms with Crippen LogP contribution in [0.25, 0.3) is 0 Å². The predicted molar refractivity (Wildman–Crippen MR) is 44.6 cm³/mol. The Bertz CT molecular complexity index is 141. The first-order valence-electron chi connectivity index (χ1n) is 3.85. The van der Waals surface area contributed by atoms with Gasteiger partial charge in [0.1, 0.15) is 0 Å². The molecule has 12 heavy (non-hydrogen) atoms. The van der Waals surface area contributed by atoms with Gasteiger partial charge in [0.2, 0.25) is 5.91 Å². The van der Waals surface area contributed by atoms with Crippen LogP contribution in [0.4, 0.5) is 0 Å². The van der Waals surface area contributed by atoms with E-state index in [1.807, 2.05) is 0 Å². The summed E-state index contributed by atoms with van der Waals surface area (Å²) in [5.74, 6) is -0.139.